The average Bonchev–Trinajstić information content (AvgIpc) is 2.13. The van der Waals surface area contributed by atoms with Crippen LogP contribution in [-0.4, -0.2) is 23.1 Å². The molecule has 0 aromatic heterocycles. The molecule has 0 spiro atoms. The Balaban J connectivity index is 2.84. The quantitative estimate of drug-likeness (QED) is 0.427. The molecule has 0 aliphatic heterocycles. The van der Waals surface area contributed by atoms with E-state index >= 15 is 0 Å². The van der Waals surface area contributed by atoms with E-state index in [2.05, 4.69) is 4.99 Å². The first kappa shape index (κ1) is 11.5. The Hall–Kier alpha value is -0.600. The Kier molecular flexibility index (Phi) is 3.90. The van der Waals surface area contributed by atoms with Gasteiger partial charge in [-0.15, -0.1) is 11.6 Å². The number of hydrogen-bond acceptors (Lipinski definition) is 3. The van der Waals surface area contributed by atoms with E-state index in [1.165, 1.54) is 6.08 Å². The number of hydrogen-bond donors (Lipinski definition) is 0. The maximum Gasteiger partial charge on any atom is 0.240 e. The van der Waals surface area contributed by atoms with E-state index in [0.29, 0.717) is 12.3 Å². The molecule has 1 rings (SSSR count). The smallest absolute Gasteiger partial charge is 0.240 e. The summed E-state index contributed by atoms with van der Waals surface area (Å²) in [6.07, 6.45) is 6.13. The number of aliphatic imine (C=N–C) groups is 1. The van der Waals surface area contributed by atoms with Crippen LogP contribution >= 0.6 is 23.2 Å². The Morgan fingerprint density at radius 1 is 1.79 bits per heavy atom. The monoisotopic (exact) mass is 233 g/mol. The summed E-state index contributed by atoms with van der Waals surface area (Å²) in [5.41, 5.74) is 0.441. The zero-order chi connectivity index (χ0) is 10.6. The summed E-state index contributed by atoms with van der Waals surface area (Å²) >= 11 is 12.0. The minimum atomic E-state index is -1.04. The first-order chi connectivity index (χ1) is 6.62. The molecule has 14 heavy (non-hydrogen) atoms. The summed E-state index contributed by atoms with van der Waals surface area (Å²) in [5, 5.41) is -1.60. The number of alkyl halides is 2. The van der Waals surface area contributed by atoms with Gasteiger partial charge in [-0.2, -0.15) is 4.99 Å². The molecule has 0 fully saturated rings. The molecule has 0 bridgehead atoms. The number of nitrogens with zero attached hydrogens (tertiary/aromatic N) is 1. The molecule has 0 aromatic rings. The second kappa shape index (κ2) is 4.76. The molecule has 1 aliphatic carbocycles. The number of isocyanates is 1. The average molecular weight is 234 g/mol. The number of allylic oxidation sites excluding steroid dienone is 1. The van der Waals surface area contributed by atoms with Gasteiger partial charge in [0.2, 0.25) is 6.08 Å². The van der Waals surface area contributed by atoms with Crippen LogP contribution in [0.4, 0.5) is 0 Å². The van der Waals surface area contributed by atoms with Crippen molar-refractivity contribution in [3.05, 3.63) is 23.9 Å². The molecule has 0 amide bonds. The van der Waals surface area contributed by atoms with E-state index in [4.69, 9.17) is 27.9 Å². The van der Waals surface area contributed by atoms with Gasteiger partial charge in [0.05, 0.1) is 5.70 Å². The third kappa shape index (κ3) is 2.46. The molecular weight excluding hydrogens is 225 g/mol. The molecule has 0 heterocycles. The first-order valence-corrected chi connectivity index (χ1v) is 4.89. The summed E-state index contributed by atoms with van der Waals surface area (Å²) in [6, 6.07) is 0. The van der Waals surface area contributed by atoms with Crippen molar-refractivity contribution in [1.82, 2.24) is 0 Å². The summed E-state index contributed by atoms with van der Waals surface area (Å²) in [7, 11) is 0. The van der Waals surface area contributed by atoms with Gasteiger partial charge in [0.25, 0.3) is 0 Å². The number of rotatable bonds is 3. The summed E-state index contributed by atoms with van der Waals surface area (Å²) in [4.78, 5) is 13.4. The number of halogens is 2. The minimum Gasteiger partial charge on any atom is -0.354 e. The van der Waals surface area contributed by atoms with Gasteiger partial charge >= 0.3 is 0 Å². The lowest BCUT2D eigenvalue weighted by molar-refractivity contribution is 0.0671. The highest BCUT2D eigenvalue weighted by Gasteiger charge is 2.35. The topological polar surface area (TPSA) is 38.7 Å². The Bertz CT molecular complexity index is 321. The van der Waals surface area contributed by atoms with Crippen molar-refractivity contribution in [1.29, 1.82) is 0 Å². The molecule has 3 nitrogen and oxygen atoms in total. The third-order valence-corrected chi connectivity index (χ3v) is 2.75. The van der Waals surface area contributed by atoms with E-state index in [1.807, 2.05) is 6.92 Å². The predicted octanol–water partition coefficient (Wildman–Crippen LogP) is 2.35. The number of ether oxygens (including phenoxy) is 1. The van der Waals surface area contributed by atoms with Crippen molar-refractivity contribution in [2.24, 2.45) is 4.99 Å². The van der Waals surface area contributed by atoms with Crippen molar-refractivity contribution in [3.63, 3.8) is 0 Å². The molecule has 1 aliphatic rings. The van der Waals surface area contributed by atoms with Crippen LogP contribution in [0.15, 0.2) is 28.9 Å². The van der Waals surface area contributed by atoms with Crippen molar-refractivity contribution in [3.8, 4) is 0 Å². The fourth-order valence-corrected chi connectivity index (χ4v) is 1.59. The van der Waals surface area contributed by atoms with Gasteiger partial charge in [-0.1, -0.05) is 11.6 Å². The van der Waals surface area contributed by atoms with Crippen LogP contribution in [0.2, 0.25) is 0 Å². The minimum absolute atomic E-state index is 0.441. The molecule has 0 N–H and O–H groups in total. The van der Waals surface area contributed by atoms with Crippen molar-refractivity contribution in [2.75, 3.05) is 6.61 Å². The first-order valence-electron chi connectivity index (χ1n) is 4.08. The van der Waals surface area contributed by atoms with Crippen LogP contribution in [0, 0.1) is 0 Å². The molecule has 0 aromatic carbocycles. The predicted molar refractivity (Wildman–Crippen MR) is 55.2 cm³/mol. The Labute approximate surface area is 92.1 Å². The van der Waals surface area contributed by atoms with Crippen molar-refractivity contribution >= 4 is 29.3 Å². The van der Waals surface area contributed by atoms with Crippen molar-refractivity contribution in [2.45, 2.75) is 17.4 Å². The summed E-state index contributed by atoms with van der Waals surface area (Å²) in [5.74, 6) is 0. The van der Waals surface area contributed by atoms with Gasteiger partial charge in [-0.05, 0) is 25.2 Å². The maximum absolute atomic E-state index is 9.99. The lowest BCUT2D eigenvalue weighted by Gasteiger charge is -2.28. The molecule has 0 radical (unpaired) electrons. The lowest BCUT2D eigenvalue weighted by Crippen LogP contribution is -2.34. The van der Waals surface area contributed by atoms with Crippen LogP contribution < -0.4 is 0 Å². The highest BCUT2D eigenvalue weighted by atomic mass is 35.5. The molecule has 76 valence electrons. The maximum atomic E-state index is 9.99. The van der Waals surface area contributed by atoms with Crippen LogP contribution in [0.25, 0.3) is 0 Å². The fraction of sp³-hybridized carbons (Fsp3) is 0.444. The van der Waals surface area contributed by atoms with E-state index < -0.39 is 10.4 Å². The number of carbonyl (C=O) groups excluding carboxylic acids is 1. The van der Waals surface area contributed by atoms with Crippen LogP contribution in [0.1, 0.15) is 6.92 Å². The van der Waals surface area contributed by atoms with Gasteiger partial charge in [-0.25, -0.2) is 4.79 Å². The van der Waals surface area contributed by atoms with Gasteiger partial charge in [0.15, 0.2) is 5.06 Å². The standard InChI is InChI=1S/C9H9Cl2NO2/c1-2-14-9(11)4-3-7(12-6-13)5-8(9)10/h3-5,8H,2H2,1H3. The van der Waals surface area contributed by atoms with E-state index in [1.54, 1.807) is 18.2 Å². The zero-order valence-corrected chi connectivity index (χ0v) is 9.05. The van der Waals surface area contributed by atoms with Crippen molar-refractivity contribution < 1.29 is 9.53 Å². The summed E-state index contributed by atoms with van der Waals surface area (Å²) < 4.78 is 5.27. The largest absolute Gasteiger partial charge is 0.354 e. The molecule has 0 saturated carbocycles. The van der Waals surface area contributed by atoms with E-state index in [-0.39, 0.29) is 0 Å². The fourth-order valence-electron chi connectivity index (χ4n) is 1.09. The zero-order valence-electron chi connectivity index (χ0n) is 7.54. The van der Waals surface area contributed by atoms with Crippen LogP contribution in [0.5, 0.6) is 0 Å². The molecule has 5 heteroatoms. The molecule has 2 atom stereocenters. The third-order valence-electron chi connectivity index (χ3n) is 1.71. The lowest BCUT2D eigenvalue weighted by atomic mass is 10.1. The second-order valence-electron chi connectivity index (χ2n) is 2.66. The Morgan fingerprint density at radius 3 is 3.00 bits per heavy atom. The highest BCUT2D eigenvalue weighted by Crippen LogP contribution is 2.33. The van der Waals surface area contributed by atoms with Gasteiger partial charge in [0.1, 0.15) is 5.38 Å². The second-order valence-corrected chi connectivity index (χ2v) is 3.72. The molecule has 2 unspecified atom stereocenters. The molecular formula is C9H9Cl2NO2. The summed E-state index contributed by atoms with van der Waals surface area (Å²) in [6.45, 7) is 2.28. The highest BCUT2D eigenvalue weighted by molar-refractivity contribution is 6.33. The van der Waals surface area contributed by atoms with Crippen LogP contribution in [-0.2, 0) is 9.53 Å². The normalized spacial score (nSPS) is 30.8. The molecule has 0 saturated heterocycles. The van der Waals surface area contributed by atoms with E-state index in [0.717, 1.165) is 0 Å². The van der Waals surface area contributed by atoms with Gasteiger partial charge in [-0.3, -0.25) is 0 Å². The van der Waals surface area contributed by atoms with Gasteiger partial charge in [0, 0.05) is 6.61 Å². The SMILES string of the molecule is CCOC1(Cl)C=CC(N=C=O)=CC1Cl. The Morgan fingerprint density at radius 2 is 2.50 bits per heavy atom. The van der Waals surface area contributed by atoms with Gasteiger partial charge < -0.3 is 4.74 Å². The van der Waals surface area contributed by atoms with E-state index in [9.17, 15) is 4.79 Å². The van der Waals surface area contributed by atoms with Crippen LogP contribution in [0.3, 0.4) is 0 Å².